The zero-order chi connectivity index (χ0) is 19.2. The van der Waals surface area contributed by atoms with Crippen LogP contribution in [0, 0.1) is 11.8 Å². The summed E-state index contributed by atoms with van der Waals surface area (Å²) in [6, 6.07) is 14.7. The van der Waals surface area contributed by atoms with E-state index in [-0.39, 0.29) is 24.2 Å². The highest BCUT2D eigenvalue weighted by Gasteiger charge is 2.29. The maximum atomic E-state index is 12.6. The number of halogens is 1. The highest BCUT2D eigenvalue weighted by Crippen LogP contribution is 2.29. The lowest BCUT2D eigenvalue weighted by Gasteiger charge is -2.31. The van der Waals surface area contributed by atoms with Crippen LogP contribution in [0.25, 0.3) is 0 Å². The molecule has 1 saturated heterocycles. The molecule has 1 aliphatic heterocycles. The number of nitrogens with one attached hydrogen (secondary N) is 2. The van der Waals surface area contributed by atoms with Gasteiger partial charge < -0.3 is 20.1 Å². The quantitative estimate of drug-likeness (QED) is 0.692. The molecule has 0 saturated carbocycles. The summed E-state index contributed by atoms with van der Waals surface area (Å²) in [5.41, 5.74) is 1.84. The number of methoxy groups -OCH3 is 1. The first-order valence-corrected chi connectivity index (χ1v) is 8.99. The summed E-state index contributed by atoms with van der Waals surface area (Å²) in [5.74, 6) is 0.153. The van der Waals surface area contributed by atoms with Crippen molar-refractivity contribution in [2.45, 2.75) is 13.5 Å². The van der Waals surface area contributed by atoms with Gasteiger partial charge in [-0.05, 0) is 42.8 Å². The second-order valence-corrected chi connectivity index (χ2v) is 6.67. The topological polar surface area (TPSA) is 76.7 Å². The molecule has 0 radical (unpaired) electrons. The van der Waals surface area contributed by atoms with Crippen LogP contribution in [0.4, 0.5) is 5.69 Å². The first-order chi connectivity index (χ1) is 13.1. The van der Waals surface area contributed by atoms with Crippen LogP contribution in [0.1, 0.15) is 22.8 Å². The van der Waals surface area contributed by atoms with E-state index in [0.29, 0.717) is 29.5 Å². The van der Waals surface area contributed by atoms with Crippen molar-refractivity contribution in [1.82, 2.24) is 5.32 Å². The Kier molecular flexibility index (Phi) is 7.84. The van der Waals surface area contributed by atoms with Gasteiger partial charge in [0, 0.05) is 5.92 Å². The van der Waals surface area contributed by atoms with E-state index < -0.39 is 5.97 Å². The fourth-order valence-electron chi connectivity index (χ4n) is 2.86. The fourth-order valence-corrected chi connectivity index (χ4v) is 2.86. The Labute approximate surface area is 171 Å². The van der Waals surface area contributed by atoms with Crippen molar-refractivity contribution in [2.75, 3.05) is 25.5 Å². The molecule has 2 N–H and O–H groups in total. The maximum Gasteiger partial charge on any atom is 0.337 e. The number of benzene rings is 2. The minimum Gasteiger partial charge on any atom is -0.487 e. The number of hydrogen-bond donors (Lipinski definition) is 2. The number of anilines is 1. The van der Waals surface area contributed by atoms with Crippen molar-refractivity contribution in [2.24, 2.45) is 11.8 Å². The molecule has 2 aromatic carbocycles. The predicted molar refractivity (Wildman–Crippen MR) is 110 cm³/mol. The fraction of sp³-hybridized carbons (Fsp3) is 0.333. The molecule has 1 atom stereocenters. The molecule has 28 heavy (non-hydrogen) atoms. The second kappa shape index (κ2) is 10.1. The molecule has 1 heterocycles. The lowest BCUT2D eigenvalue weighted by Crippen LogP contribution is -2.48. The Morgan fingerprint density at radius 1 is 1.18 bits per heavy atom. The van der Waals surface area contributed by atoms with E-state index in [2.05, 4.69) is 10.6 Å². The van der Waals surface area contributed by atoms with Crippen LogP contribution < -0.4 is 15.4 Å². The number of esters is 1. The van der Waals surface area contributed by atoms with Gasteiger partial charge in [-0.15, -0.1) is 12.4 Å². The van der Waals surface area contributed by atoms with Crippen LogP contribution in [0.2, 0.25) is 0 Å². The lowest BCUT2D eigenvalue weighted by molar-refractivity contribution is -0.121. The van der Waals surface area contributed by atoms with E-state index >= 15 is 0 Å². The summed E-state index contributed by atoms with van der Waals surface area (Å²) in [6.07, 6.45) is 0. The number of hydrogen-bond acceptors (Lipinski definition) is 5. The molecule has 0 spiro atoms. The minimum atomic E-state index is -0.462. The number of carbonyl (C=O) groups is 2. The average Bonchev–Trinajstić information content (AvgIpc) is 2.65. The molecule has 3 rings (SSSR count). The van der Waals surface area contributed by atoms with E-state index in [1.807, 2.05) is 37.3 Å². The smallest absolute Gasteiger partial charge is 0.337 e. The standard InChI is InChI=1S/C21H24N2O4.ClH/c1-14(17-11-22-12-17)20(24)23-18-10-16(21(25)26-2)8-9-19(18)27-13-15-6-4-3-5-7-15;/h3-10,14,17,22H,11-13H2,1-2H3,(H,23,24);1H. The van der Waals surface area contributed by atoms with Crippen LogP contribution in [0.15, 0.2) is 48.5 Å². The monoisotopic (exact) mass is 404 g/mol. The summed E-state index contributed by atoms with van der Waals surface area (Å²) < 4.78 is 10.7. The molecule has 2 aromatic rings. The maximum absolute atomic E-state index is 12.6. The third-order valence-corrected chi connectivity index (χ3v) is 4.83. The van der Waals surface area contributed by atoms with Gasteiger partial charge in [-0.1, -0.05) is 37.3 Å². The summed E-state index contributed by atoms with van der Waals surface area (Å²) >= 11 is 0. The molecule has 7 heteroatoms. The molecule has 150 valence electrons. The van der Waals surface area contributed by atoms with Gasteiger partial charge in [0.2, 0.25) is 5.91 Å². The Hall–Kier alpha value is -2.57. The van der Waals surface area contributed by atoms with Gasteiger partial charge in [-0.2, -0.15) is 0 Å². The average molecular weight is 405 g/mol. The van der Waals surface area contributed by atoms with Gasteiger partial charge in [-0.25, -0.2) is 4.79 Å². The largest absolute Gasteiger partial charge is 0.487 e. The predicted octanol–water partition coefficient (Wildman–Crippen LogP) is 3.27. The van der Waals surface area contributed by atoms with Gasteiger partial charge in [0.25, 0.3) is 0 Å². The Morgan fingerprint density at radius 2 is 1.89 bits per heavy atom. The van der Waals surface area contributed by atoms with Gasteiger partial charge in [0.15, 0.2) is 0 Å². The Balaban J connectivity index is 0.00000280. The normalized spacial score (nSPS) is 14.2. The first kappa shape index (κ1) is 21.7. The SMILES string of the molecule is COC(=O)c1ccc(OCc2ccccc2)c(NC(=O)C(C)C2CNC2)c1.Cl. The van der Waals surface area contributed by atoms with Gasteiger partial charge in [-0.3, -0.25) is 4.79 Å². The van der Waals surface area contributed by atoms with Gasteiger partial charge >= 0.3 is 5.97 Å². The van der Waals surface area contributed by atoms with Crippen molar-refractivity contribution in [3.8, 4) is 5.75 Å². The van der Waals surface area contributed by atoms with E-state index in [0.717, 1.165) is 18.7 Å². The first-order valence-electron chi connectivity index (χ1n) is 8.99. The third-order valence-electron chi connectivity index (χ3n) is 4.83. The molecule has 0 bridgehead atoms. The second-order valence-electron chi connectivity index (χ2n) is 6.67. The van der Waals surface area contributed by atoms with Crippen molar-refractivity contribution in [3.63, 3.8) is 0 Å². The molecule has 6 nitrogen and oxygen atoms in total. The Morgan fingerprint density at radius 3 is 2.50 bits per heavy atom. The van der Waals surface area contributed by atoms with Crippen molar-refractivity contribution < 1.29 is 19.1 Å². The van der Waals surface area contributed by atoms with E-state index in [9.17, 15) is 9.59 Å². The molecular formula is C21H25ClN2O4. The lowest BCUT2D eigenvalue weighted by atomic mass is 9.88. The van der Waals surface area contributed by atoms with Crippen LogP contribution in [0.5, 0.6) is 5.75 Å². The van der Waals surface area contributed by atoms with Crippen molar-refractivity contribution >= 4 is 30.0 Å². The molecule has 1 fully saturated rings. The number of ether oxygens (including phenoxy) is 2. The molecular weight excluding hydrogens is 380 g/mol. The van der Waals surface area contributed by atoms with E-state index in [1.54, 1.807) is 18.2 Å². The molecule has 0 aliphatic carbocycles. The molecule has 0 aromatic heterocycles. The highest BCUT2D eigenvalue weighted by atomic mass is 35.5. The zero-order valence-corrected chi connectivity index (χ0v) is 16.8. The highest BCUT2D eigenvalue weighted by molar-refractivity contribution is 5.97. The number of carbonyl (C=O) groups excluding carboxylic acids is 2. The summed E-state index contributed by atoms with van der Waals surface area (Å²) in [4.78, 5) is 24.5. The van der Waals surface area contributed by atoms with Gasteiger partial charge in [0.1, 0.15) is 12.4 Å². The van der Waals surface area contributed by atoms with Crippen LogP contribution >= 0.6 is 12.4 Å². The van der Waals surface area contributed by atoms with Crippen molar-refractivity contribution in [3.05, 3.63) is 59.7 Å². The van der Waals surface area contributed by atoms with Crippen molar-refractivity contribution in [1.29, 1.82) is 0 Å². The summed E-state index contributed by atoms with van der Waals surface area (Å²) in [5, 5.41) is 6.09. The van der Waals surface area contributed by atoms with Gasteiger partial charge in [0.05, 0.1) is 18.4 Å². The van der Waals surface area contributed by atoms with Crippen LogP contribution in [0.3, 0.4) is 0 Å². The van der Waals surface area contributed by atoms with Crippen LogP contribution in [-0.2, 0) is 16.1 Å². The summed E-state index contributed by atoms with van der Waals surface area (Å²) in [7, 11) is 1.33. The summed E-state index contributed by atoms with van der Waals surface area (Å²) in [6.45, 7) is 3.96. The zero-order valence-electron chi connectivity index (χ0n) is 15.9. The van der Waals surface area contributed by atoms with Crippen LogP contribution in [-0.4, -0.2) is 32.1 Å². The minimum absolute atomic E-state index is 0. The number of amides is 1. The van der Waals surface area contributed by atoms with E-state index in [1.165, 1.54) is 7.11 Å². The molecule has 1 amide bonds. The third kappa shape index (κ3) is 5.24. The Bertz CT molecular complexity index is 809. The number of rotatable bonds is 7. The molecule has 1 aliphatic rings. The van der Waals surface area contributed by atoms with E-state index in [4.69, 9.17) is 9.47 Å². The molecule has 1 unspecified atom stereocenters.